The number of thioether (sulfide) groups is 3. The second kappa shape index (κ2) is 21.9. The lowest BCUT2D eigenvalue weighted by Crippen LogP contribution is -2.47. The van der Waals surface area contributed by atoms with Crippen LogP contribution in [0.1, 0.15) is 67.4 Å². The number of amides is 1. The van der Waals surface area contributed by atoms with Gasteiger partial charge >= 0.3 is 0 Å². The highest BCUT2D eigenvalue weighted by Crippen LogP contribution is 2.40. The number of carbonyl (C=O) groups is 1. The first-order chi connectivity index (χ1) is 26.9. The van der Waals surface area contributed by atoms with Crippen LogP contribution in [0.25, 0.3) is 0 Å². The van der Waals surface area contributed by atoms with Crippen LogP contribution in [0.15, 0.2) is 78.0 Å². The molecule has 0 aromatic heterocycles. The van der Waals surface area contributed by atoms with E-state index in [9.17, 15) is 15.0 Å². The molecule has 0 unspecified atom stereocenters. The molecule has 2 fully saturated rings. The van der Waals surface area contributed by atoms with Crippen molar-refractivity contribution < 1.29 is 14.3 Å². The molecule has 294 valence electrons. The zero-order chi connectivity index (χ0) is 39.0. The topological polar surface area (TPSA) is 98.5 Å². The molecule has 13 heteroatoms. The lowest BCUT2D eigenvalue weighted by Gasteiger charge is -2.36. The molecule has 5 rings (SSSR count). The Morgan fingerprint density at radius 3 is 2.20 bits per heavy atom. The summed E-state index contributed by atoms with van der Waals surface area (Å²) in [7, 11) is 1.55. The SMILES string of the molecule is CCSC(SCC)[C@@H]1CCCN1C(=O)c1cc(OC)c(OCCCCN2CCN(C(=S)SCCC(C#N)(c3ccccc3)c3ccccc3)CC2)cc1N=O. The monoisotopic (exact) mass is 819 g/mol. The number of piperazine rings is 1. The van der Waals surface area contributed by atoms with Gasteiger partial charge in [0.2, 0.25) is 0 Å². The lowest BCUT2D eigenvalue weighted by molar-refractivity contribution is 0.0746. The molecule has 1 amide bonds. The second-order valence-electron chi connectivity index (χ2n) is 13.6. The maximum atomic E-state index is 13.8. The van der Waals surface area contributed by atoms with Gasteiger partial charge in [-0.15, -0.1) is 28.4 Å². The Balaban J connectivity index is 1.06. The number of thiocarbonyl (C=S) groups is 1. The van der Waals surface area contributed by atoms with Crippen molar-refractivity contribution in [2.24, 2.45) is 5.18 Å². The Hall–Kier alpha value is -3.28. The summed E-state index contributed by atoms with van der Waals surface area (Å²) < 4.78 is 12.9. The highest BCUT2D eigenvalue weighted by molar-refractivity contribution is 8.22. The van der Waals surface area contributed by atoms with Crippen LogP contribution in [0.3, 0.4) is 0 Å². The van der Waals surface area contributed by atoms with Gasteiger partial charge in [-0.3, -0.25) is 9.69 Å². The molecule has 0 bridgehead atoms. The third-order valence-corrected chi connectivity index (χ3v) is 14.6. The maximum absolute atomic E-state index is 13.8. The summed E-state index contributed by atoms with van der Waals surface area (Å²) in [6, 6.07) is 26.1. The van der Waals surface area contributed by atoms with E-state index in [1.807, 2.05) is 89.1 Å². The van der Waals surface area contributed by atoms with Crippen molar-refractivity contribution >= 4 is 63.4 Å². The van der Waals surface area contributed by atoms with Crippen LogP contribution in [0.2, 0.25) is 0 Å². The first-order valence-electron chi connectivity index (χ1n) is 19.3. The Kier molecular flexibility index (Phi) is 17.0. The minimum atomic E-state index is -0.725. The van der Waals surface area contributed by atoms with Crippen molar-refractivity contribution in [1.29, 1.82) is 5.26 Å². The molecule has 55 heavy (non-hydrogen) atoms. The lowest BCUT2D eigenvalue weighted by atomic mass is 9.74. The van der Waals surface area contributed by atoms with E-state index in [2.05, 4.69) is 34.9 Å². The Labute approximate surface area is 345 Å². The molecule has 0 aliphatic carbocycles. The van der Waals surface area contributed by atoms with Gasteiger partial charge in [0.05, 0.1) is 36.0 Å². The third-order valence-electron chi connectivity index (χ3n) is 10.3. The largest absolute Gasteiger partial charge is 0.493 e. The number of benzene rings is 3. The van der Waals surface area contributed by atoms with Crippen molar-refractivity contribution in [3.63, 3.8) is 0 Å². The molecular formula is C42H53N5O4S4. The summed E-state index contributed by atoms with van der Waals surface area (Å²) in [5, 5.41) is 13.7. The number of methoxy groups -OCH3 is 1. The van der Waals surface area contributed by atoms with Gasteiger partial charge in [-0.05, 0) is 72.5 Å². The van der Waals surface area contributed by atoms with Crippen LogP contribution >= 0.6 is 47.5 Å². The van der Waals surface area contributed by atoms with Gasteiger partial charge in [0.25, 0.3) is 5.91 Å². The van der Waals surface area contributed by atoms with Crippen molar-refractivity contribution in [3.05, 3.63) is 94.4 Å². The first-order valence-corrected chi connectivity index (χ1v) is 22.8. The second-order valence-corrected chi connectivity index (χ2v) is 18.5. The number of nitrogens with zero attached hydrogens (tertiary/aromatic N) is 5. The quantitative estimate of drug-likeness (QED) is 0.0501. The molecule has 0 radical (unpaired) electrons. The molecule has 2 aliphatic rings. The fraction of sp³-hybridized carbons (Fsp3) is 0.500. The average Bonchev–Trinajstić information content (AvgIpc) is 3.73. The number of rotatable bonds is 19. The molecule has 2 heterocycles. The summed E-state index contributed by atoms with van der Waals surface area (Å²) in [5.41, 5.74) is 1.64. The van der Waals surface area contributed by atoms with E-state index < -0.39 is 5.41 Å². The van der Waals surface area contributed by atoms with Gasteiger partial charge in [0.1, 0.15) is 15.4 Å². The molecular weight excluding hydrogens is 767 g/mol. The van der Waals surface area contributed by atoms with Crippen molar-refractivity contribution in [2.75, 3.05) is 70.2 Å². The number of likely N-dealkylation sites (tertiary alicyclic amines) is 1. The number of nitriles is 1. The number of unbranched alkanes of at least 4 members (excludes halogenated alkanes) is 1. The maximum Gasteiger partial charge on any atom is 0.256 e. The van der Waals surface area contributed by atoms with E-state index in [0.29, 0.717) is 35.7 Å². The van der Waals surface area contributed by atoms with Crippen LogP contribution in [0, 0.1) is 16.2 Å². The normalized spacial score (nSPS) is 16.2. The Morgan fingerprint density at radius 1 is 0.964 bits per heavy atom. The third kappa shape index (κ3) is 11.0. The van der Waals surface area contributed by atoms with Gasteiger partial charge in [-0.25, -0.2) is 0 Å². The molecule has 0 saturated carbocycles. The zero-order valence-corrected chi connectivity index (χ0v) is 35.5. The van der Waals surface area contributed by atoms with Crippen molar-refractivity contribution in [2.45, 2.75) is 62.0 Å². The molecule has 9 nitrogen and oxygen atoms in total. The predicted octanol–water partition coefficient (Wildman–Crippen LogP) is 9.22. The van der Waals surface area contributed by atoms with Gasteiger partial charge in [0.15, 0.2) is 11.5 Å². The van der Waals surface area contributed by atoms with Gasteiger partial charge in [0, 0.05) is 44.5 Å². The van der Waals surface area contributed by atoms with Gasteiger partial charge in [-0.2, -0.15) is 5.26 Å². The molecule has 0 spiro atoms. The highest BCUT2D eigenvalue weighted by Gasteiger charge is 2.37. The summed E-state index contributed by atoms with van der Waals surface area (Å²) in [6.07, 6.45) is 4.35. The Bertz CT molecular complexity index is 1690. The number of carbonyl (C=O) groups excluding carboxylic acids is 1. The number of hydrogen-bond acceptors (Lipinski definition) is 11. The first kappa shape index (κ1) is 42.9. The summed E-state index contributed by atoms with van der Waals surface area (Å²) >= 11 is 11.3. The van der Waals surface area contributed by atoms with Crippen molar-refractivity contribution in [3.8, 4) is 17.6 Å². The summed E-state index contributed by atoms with van der Waals surface area (Å²) in [5.74, 6) is 3.40. The minimum Gasteiger partial charge on any atom is -0.493 e. The number of hydrogen-bond donors (Lipinski definition) is 0. The predicted molar refractivity (Wildman–Crippen MR) is 234 cm³/mol. The van der Waals surface area contributed by atoms with E-state index in [-0.39, 0.29) is 23.2 Å². The number of nitroso groups, excluding NO2 is 1. The molecule has 0 N–H and O–H groups in total. The average molecular weight is 820 g/mol. The molecule has 2 aliphatic heterocycles. The zero-order valence-electron chi connectivity index (χ0n) is 32.2. The van der Waals surface area contributed by atoms with Gasteiger partial charge in [-0.1, -0.05) is 98.5 Å². The fourth-order valence-corrected chi connectivity index (χ4v) is 11.6. The minimum absolute atomic E-state index is 0.0833. The Morgan fingerprint density at radius 2 is 1.62 bits per heavy atom. The van der Waals surface area contributed by atoms with Crippen LogP contribution in [-0.2, 0) is 5.41 Å². The van der Waals surface area contributed by atoms with Crippen LogP contribution in [-0.4, -0.2) is 106 Å². The van der Waals surface area contributed by atoms with Crippen LogP contribution < -0.4 is 9.47 Å². The summed E-state index contributed by atoms with van der Waals surface area (Å²) in [4.78, 5) is 32.5. The smallest absolute Gasteiger partial charge is 0.256 e. The van der Waals surface area contributed by atoms with Crippen molar-refractivity contribution in [1.82, 2.24) is 14.7 Å². The number of ether oxygens (including phenoxy) is 2. The van der Waals surface area contributed by atoms with E-state index in [4.69, 9.17) is 21.7 Å². The molecule has 3 aromatic carbocycles. The van der Waals surface area contributed by atoms with E-state index in [0.717, 1.165) is 91.1 Å². The fourth-order valence-electron chi connectivity index (χ4n) is 7.39. The standard InChI is InChI=1S/C42H53N5O4S4/c1-4-53-40(54-5-2)36-19-14-22-47(36)39(48)34-29-37(50-3)38(30-35(34)44-49)51-27-13-12-21-45-23-25-46(26-24-45)41(52)55-28-20-42(31-43,32-15-8-6-9-16-32)33-17-10-7-11-18-33/h6-11,15-18,29-30,36,40H,4-5,12-14,19-28H2,1-3H3/t36-/m0/s1. The summed E-state index contributed by atoms with van der Waals surface area (Å²) in [6.45, 7) is 9.99. The van der Waals surface area contributed by atoms with Gasteiger partial charge < -0.3 is 19.3 Å². The van der Waals surface area contributed by atoms with Crippen LogP contribution in [0.4, 0.5) is 5.69 Å². The molecule has 1 atom stereocenters. The van der Waals surface area contributed by atoms with Crippen LogP contribution in [0.5, 0.6) is 11.5 Å². The highest BCUT2D eigenvalue weighted by atomic mass is 32.2. The van der Waals surface area contributed by atoms with E-state index >= 15 is 0 Å². The molecule has 3 aromatic rings. The van der Waals surface area contributed by atoms with E-state index in [1.54, 1.807) is 31.0 Å². The van der Waals surface area contributed by atoms with E-state index in [1.165, 1.54) is 0 Å². The molecule has 2 saturated heterocycles.